The largest absolute Gasteiger partial charge is 0.488 e. The van der Waals surface area contributed by atoms with Crippen LogP contribution in [0.4, 0.5) is 8.78 Å². The van der Waals surface area contributed by atoms with Gasteiger partial charge in [-0.3, -0.25) is 0 Å². The predicted molar refractivity (Wildman–Crippen MR) is 116 cm³/mol. The Balaban J connectivity index is 1.48. The van der Waals surface area contributed by atoms with E-state index in [1.165, 1.54) is 18.2 Å². The topological polar surface area (TPSA) is 21.3 Å². The Morgan fingerprint density at radius 2 is 1.53 bits per heavy atom. The summed E-state index contributed by atoms with van der Waals surface area (Å²) in [5.41, 5.74) is 2.65. The van der Waals surface area contributed by atoms with Crippen LogP contribution in [-0.2, 0) is 19.6 Å². The molecule has 2 nitrogen and oxygen atoms in total. The first-order valence-corrected chi connectivity index (χ1v) is 10.0. The van der Waals surface area contributed by atoms with Gasteiger partial charge in [-0.25, -0.2) is 8.78 Å². The number of hydrogen-bond donors (Lipinski definition) is 1. The van der Waals surface area contributed by atoms with E-state index in [4.69, 9.17) is 4.74 Å². The van der Waals surface area contributed by atoms with E-state index in [-0.39, 0.29) is 18.2 Å². The van der Waals surface area contributed by atoms with Crippen molar-refractivity contribution in [2.24, 2.45) is 0 Å². The van der Waals surface area contributed by atoms with Crippen LogP contribution in [0.2, 0.25) is 0 Å². The zero-order valence-electron chi connectivity index (χ0n) is 16.6. The van der Waals surface area contributed by atoms with E-state index in [1.807, 2.05) is 24.3 Å². The monoisotopic (exact) mass is 403 g/mol. The molecule has 0 saturated carbocycles. The minimum atomic E-state index is -0.266. The lowest BCUT2D eigenvalue weighted by atomic mass is 10.0. The molecule has 152 valence electrons. The highest BCUT2D eigenvalue weighted by Gasteiger charge is 2.10. The highest BCUT2D eigenvalue weighted by molar-refractivity contribution is 5.87. The Kier molecular flexibility index (Phi) is 6.35. The fourth-order valence-electron chi connectivity index (χ4n) is 3.50. The molecule has 0 amide bonds. The molecule has 0 saturated heterocycles. The van der Waals surface area contributed by atoms with Gasteiger partial charge in [0, 0.05) is 17.7 Å². The second-order valence-electron chi connectivity index (χ2n) is 7.20. The van der Waals surface area contributed by atoms with Crippen LogP contribution in [0.15, 0.2) is 84.9 Å². The van der Waals surface area contributed by atoms with Gasteiger partial charge in [-0.15, -0.1) is 0 Å². The lowest BCUT2D eigenvalue weighted by Crippen LogP contribution is -2.17. The summed E-state index contributed by atoms with van der Waals surface area (Å²) in [6, 6.07) is 25.3. The summed E-state index contributed by atoms with van der Waals surface area (Å²) < 4.78 is 33.0. The highest BCUT2D eigenvalue weighted by atomic mass is 19.1. The van der Waals surface area contributed by atoms with Gasteiger partial charge in [0.15, 0.2) is 0 Å². The van der Waals surface area contributed by atoms with E-state index in [2.05, 4.69) is 17.4 Å². The molecule has 4 heteroatoms. The zero-order valence-corrected chi connectivity index (χ0v) is 16.6. The zero-order chi connectivity index (χ0) is 20.8. The summed E-state index contributed by atoms with van der Waals surface area (Å²) in [5.74, 6) is 0.252. The number of benzene rings is 4. The van der Waals surface area contributed by atoms with Crippen molar-refractivity contribution in [3.63, 3.8) is 0 Å². The molecule has 0 aromatic heterocycles. The van der Waals surface area contributed by atoms with Gasteiger partial charge in [0.1, 0.15) is 24.0 Å². The highest BCUT2D eigenvalue weighted by Crippen LogP contribution is 2.29. The Hall–Kier alpha value is -3.24. The van der Waals surface area contributed by atoms with Crippen LogP contribution in [0, 0.1) is 11.6 Å². The first-order chi connectivity index (χ1) is 14.7. The van der Waals surface area contributed by atoms with Crippen molar-refractivity contribution < 1.29 is 13.5 Å². The maximum Gasteiger partial charge on any atom is 0.129 e. The van der Waals surface area contributed by atoms with Gasteiger partial charge in [0.05, 0.1) is 0 Å². The van der Waals surface area contributed by atoms with Gasteiger partial charge in [0.25, 0.3) is 0 Å². The van der Waals surface area contributed by atoms with Gasteiger partial charge in [-0.1, -0.05) is 60.7 Å². The third-order valence-corrected chi connectivity index (χ3v) is 5.14. The average molecular weight is 403 g/mol. The van der Waals surface area contributed by atoms with E-state index < -0.39 is 0 Å². The van der Waals surface area contributed by atoms with Crippen molar-refractivity contribution in [3.8, 4) is 5.75 Å². The number of rotatable bonds is 8. The molecule has 0 aliphatic heterocycles. The van der Waals surface area contributed by atoms with Gasteiger partial charge in [-0.2, -0.15) is 0 Å². The maximum absolute atomic E-state index is 14.0. The summed E-state index contributed by atoms with van der Waals surface area (Å²) >= 11 is 0. The normalized spacial score (nSPS) is 11.0. The SMILES string of the molecule is Fc1ccc(CCNCc2c(OCc3ccccc3F)ccc3ccccc23)cc1. The molecule has 0 fully saturated rings. The molecule has 0 aliphatic rings. The van der Waals surface area contributed by atoms with Crippen LogP contribution in [0.1, 0.15) is 16.7 Å². The van der Waals surface area contributed by atoms with Crippen molar-refractivity contribution >= 4 is 10.8 Å². The fraction of sp³-hybridized carbons (Fsp3) is 0.154. The predicted octanol–water partition coefficient (Wildman–Crippen LogP) is 6.03. The van der Waals surface area contributed by atoms with Crippen molar-refractivity contribution in [2.75, 3.05) is 6.54 Å². The molecule has 0 spiro atoms. The van der Waals surface area contributed by atoms with Gasteiger partial charge in [0.2, 0.25) is 0 Å². The molecular formula is C26H23F2NO. The second kappa shape index (κ2) is 9.51. The van der Waals surface area contributed by atoms with E-state index >= 15 is 0 Å². The van der Waals surface area contributed by atoms with Crippen molar-refractivity contribution in [2.45, 2.75) is 19.6 Å². The summed E-state index contributed by atoms with van der Waals surface area (Å²) in [5, 5.41) is 5.70. The van der Waals surface area contributed by atoms with E-state index in [0.29, 0.717) is 12.1 Å². The molecule has 0 aliphatic carbocycles. The van der Waals surface area contributed by atoms with E-state index in [1.54, 1.807) is 30.3 Å². The number of halogens is 2. The van der Waals surface area contributed by atoms with Gasteiger partial charge < -0.3 is 10.1 Å². The van der Waals surface area contributed by atoms with Crippen LogP contribution >= 0.6 is 0 Å². The maximum atomic E-state index is 14.0. The quantitative estimate of drug-likeness (QED) is 0.363. The molecule has 1 N–H and O–H groups in total. The summed E-state index contributed by atoms with van der Waals surface area (Å²) in [6.45, 7) is 1.55. The third-order valence-electron chi connectivity index (χ3n) is 5.14. The first kappa shape index (κ1) is 20.0. The minimum Gasteiger partial charge on any atom is -0.488 e. The number of ether oxygens (including phenoxy) is 1. The molecule has 0 unspecified atom stereocenters. The fourth-order valence-corrected chi connectivity index (χ4v) is 3.50. The first-order valence-electron chi connectivity index (χ1n) is 10.0. The summed E-state index contributed by atoms with van der Waals surface area (Å²) in [6.07, 6.45) is 0.802. The third kappa shape index (κ3) is 4.84. The standard InChI is InChI=1S/C26H23F2NO/c27-22-12-9-19(10-13-22)15-16-29-17-24-23-7-3-1-5-20(23)11-14-26(24)30-18-21-6-2-4-8-25(21)28/h1-14,29H,15-18H2. The van der Waals surface area contributed by atoms with Gasteiger partial charge in [-0.05, 0) is 53.6 Å². The number of fused-ring (bicyclic) bond motifs is 1. The van der Waals surface area contributed by atoms with Crippen molar-refractivity contribution in [3.05, 3.63) is 113 Å². The van der Waals surface area contributed by atoms with Crippen molar-refractivity contribution in [1.29, 1.82) is 0 Å². The van der Waals surface area contributed by atoms with Gasteiger partial charge >= 0.3 is 0 Å². The Labute approximate surface area is 175 Å². The lowest BCUT2D eigenvalue weighted by molar-refractivity contribution is 0.296. The average Bonchev–Trinajstić information content (AvgIpc) is 2.78. The van der Waals surface area contributed by atoms with E-state index in [0.717, 1.165) is 40.6 Å². The molecule has 4 aromatic carbocycles. The van der Waals surface area contributed by atoms with Crippen molar-refractivity contribution in [1.82, 2.24) is 5.32 Å². The van der Waals surface area contributed by atoms with Crippen LogP contribution in [-0.4, -0.2) is 6.54 Å². The molecule has 30 heavy (non-hydrogen) atoms. The molecule has 0 radical (unpaired) electrons. The van der Waals surface area contributed by atoms with Crippen LogP contribution in [0.3, 0.4) is 0 Å². The Morgan fingerprint density at radius 1 is 0.767 bits per heavy atom. The molecule has 0 bridgehead atoms. The van der Waals surface area contributed by atoms with E-state index in [9.17, 15) is 8.78 Å². The Morgan fingerprint density at radius 3 is 2.37 bits per heavy atom. The Bertz CT molecular complexity index is 1130. The number of nitrogens with one attached hydrogen (secondary N) is 1. The summed E-state index contributed by atoms with van der Waals surface area (Å²) in [4.78, 5) is 0. The number of hydrogen-bond acceptors (Lipinski definition) is 2. The lowest BCUT2D eigenvalue weighted by Gasteiger charge is -2.15. The molecule has 0 atom stereocenters. The van der Waals surface area contributed by atoms with Crippen LogP contribution < -0.4 is 10.1 Å². The summed E-state index contributed by atoms with van der Waals surface area (Å²) in [7, 11) is 0. The molecule has 0 heterocycles. The second-order valence-corrected chi connectivity index (χ2v) is 7.20. The van der Waals surface area contributed by atoms with Crippen LogP contribution in [0.25, 0.3) is 10.8 Å². The van der Waals surface area contributed by atoms with Crippen LogP contribution in [0.5, 0.6) is 5.75 Å². The molecule has 4 rings (SSSR count). The molecular weight excluding hydrogens is 380 g/mol. The minimum absolute atomic E-state index is 0.174. The molecule has 4 aromatic rings. The smallest absolute Gasteiger partial charge is 0.129 e.